The Hall–Kier alpha value is -4.53. The minimum Gasteiger partial charge on any atom is -0.480 e. The summed E-state index contributed by atoms with van der Waals surface area (Å²) in [5.41, 5.74) is 2.40. The average Bonchev–Trinajstić information content (AvgIpc) is 3.62. The first kappa shape index (κ1) is 28.6. The molecule has 1 aliphatic rings. The molecule has 0 atom stereocenters. The van der Waals surface area contributed by atoms with Crippen LogP contribution in [0.3, 0.4) is 0 Å². The van der Waals surface area contributed by atoms with E-state index in [0.29, 0.717) is 33.6 Å². The number of sulfone groups is 1. The first-order valence-corrected chi connectivity index (χ1v) is 15.2. The topological polar surface area (TPSA) is 127 Å². The second-order valence-corrected chi connectivity index (χ2v) is 12.5. The van der Waals surface area contributed by atoms with E-state index in [2.05, 4.69) is 15.0 Å². The van der Waals surface area contributed by atoms with Gasteiger partial charge in [-0.15, -0.1) is 0 Å². The summed E-state index contributed by atoms with van der Waals surface area (Å²) in [4.78, 5) is 21.9. The van der Waals surface area contributed by atoms with Crippen molar-refractivity contribution in [1.29, 1.82) is 0 Å². The molecule has 0 aliphatic heterocycles. The van der Waals surface area contributed by atoms with Gasteiger partial charge in [0.15, 0.2) is 21.4 Å². The Labute approximate surface area is 244 Å². The molecule has 11 nitrogen and oxygen atoms in total. The van der Waals surface area contributed by atoms with Crippen molar-refractivity contribution < 1.29 is 31.1 Å². The molecule has 1 aromatic carbocycles. The van der Waals surface area contributed by atoms with E-state index in [1.54, 1.807) is 36.5 Å². The fraction of sp³-hybridized carbons (Fsp3) is 0.321. The summed E-state index contributed by atoms with van der Waals surface area (Å²) in [5.74, 6) is 0.838. The summed E-state index contributed by atoms with van der Waals surface area (Å²) >= 11 is 0. The number of hydrogen-bond donors (Lipinski definition) is 0. The molecule has 0 amide bonds. The summed E-state index contributed by atoms with van der Waals surface area (Å²) in [7, 11) is -0.415. The molecule has 1 aliphatic carbocycles. The zero-order valence-corrected chi connectivity index (χ0v) is 24.1. The molecule has 0 saturated heterocycles. The van der Waals surface area contributed by atoms with Crippen LogP contribution in [0.5, 0.6) is 11.8 Å². The normalized spacial score (nSPS) is 13.9. The van der Waals surface area contributed by atoms with Crippen molar-refractivity contribution in [2.45, 2.75) is 37.4 Å². The predicted octanol–water partition coefficient (Wildman–Crippen LogP) is 4.77. The van der Waals surface area contributed by atoms with Gasteiger partial charge in [-0.3, -0.25) is 0 Å². The van der Waals surface area contributed by atoms with Gasteiger partial charge in [0.25, 0.3) is 0 Å². The fourth-order valence-electron chi connectivity index (χ4n) is 4.83. The number of alkyl halides is 3. The molecule has 15 heteroatoms. The molecular formula is C28H26F3N7O4S. The Morgan fingerprint density at radius 3 is 2.40 bits per heavy atom. The first-order chi connectivity index (χ1) is 20.4. The van der Waals surface area contributed by atoms with Crippen LogP contribution in [0.2, 0.25) is 0 Å². The van der Waals surface area contributed by atoms with E-state index in [4.69, 9.17) is 19.4 Å². The van der Waals surface area contributed by atoms with Gasteiger partial charge >= 0.3 is 6.18 Å². The highest BCUT2D eigenvalue weighted by atomic mass is 32.2. The van der Waals surface area contributed by atoms with Crippen LogP contribution in [0.25, 0.3) is 33.8 Å². The van der Waals surface area contributed by atoms with E-state index >= 15 is 0 Å². The highest BCUT2D eigenvalue weighted by Crippen LogP contribution is 2.45. The van der Waals surface area contributed by atoms with Crippen LogP contribution in [0.4, 0.5) is 13.2 Å². The maximum Gasteiger partial charge on any atom is 0.434 e. The van der Waals surface area contributed by atoms with Gasteiger partial charge in [0.2, 0.25) is 11.8 Å². The lowest BCUT2D eigenvalue weighted by molar-refractivity contribution is -0.140. The quantitative estimate of drug-likeness (QED) is 0.231. The average molecular weight is 614 g/mol. The molecule has 1 saturated carbocycles. The molecule has 6 rings (SSSR count). The summed E-state index contributed by atoms with van der Waals surface area (Å²) < 4.78 is 78.2. The number of methoxy groups -OCH3 is 1. The van der Waals surface area contributed by atoms with Crippen LogP contribution in [0.15, 0.2) is 49.1 Å². The lowest BCUT2D eigenvalue weighted by Gasteiger charge is -2.14. The fourth-order valence-corrected chi connectivity index (χ4v) is 5.55. The van der Waals surface area contributed by atoms with E-state index in [-0.39, 0.29) is 35.9 Å². The Morgan fingerprint density at radius 2 is 1.77 bits per heavy atom. The summed E-state index contributed by atoms with van der Waals surface area (Å²) in [6.07, 6.45) is 2.50. The van der Waals surface area contributed by atoms with Crippen molar-refractivity contribution in [2.75, 3.05) is 13.4 Å². The first-order valence-electron chi connectivity index (χ1n) is 13.2. The maximum atomic E-state index is 13.1. The zero-order valence-electron chi connectivity index (χ0n) is 23.3. The molecule has 0 radical (unpaired) electrons. The number of halogens is 3. The molecular weight excluding hydrogens is 587 g/mol. The van der Waals surface area contributed by atoms with Gasteiger partial charge in [0.05, 0.1) is 18.3 Å². The van der Waals surface area contributed by atoms with Crippen molar-refractivity contribution in [1.82, 2.24) is 34.1 Å². The number of benzene rings is 1. The summed E-state index contributed by atoms with van der Waals surface area (Å²) in [5, 5.41) is 0. The Kier molecular flexibility index (Phi) is 7.07. The van der Waals surface area contributed by atoms with E-state index in [1.807, 2.05) is 0 Å². The standard InChI is InChI=1S/C28H26F3N7O4S/c1-37-12-20(28(29,30)31)35-25(37)18-6-4-16(5-7-18)13-42-27-23-19(10-11-38(23)15-43(3,39)40)34-24(36-27)21-22(17-8-9-17)32-14-33-26(21)41-2/h4-7,10-12,14,17H,8-9,13,15H2,1-3H3. The highest BCUT2D eigenvalue weighted by molar-refractivity contribution is 7.89. The molecule has 1 fully saturated rings. The van der Waals surface area contributed by atoms with Gasteiger partial charge in [0.1, 0.15) is 35.7 Å². The van der Waals surface area contributed by atoms with Gasteiger partial charge in [-0.2, -0.15) is 18.2 Å². The van der Waals surface area contributed by atoms with Gasteiger partial charge < -0.3 is 18.6 Å². The Balaban J connectivity index is 1.36. The number of nitrogens with zero attached hydrogens (tertiary/aromatic N) is 7. The molecule has 4 heterocycles. The van der Waals surface area contributed by atoms with Crippen LogP contribution in [-0.2, 0) is 35.5 Å². The molecule has 0 bridgehead atoms. The van der Waals surface area contributed by atoms with Crippen LogP contribution >= 0.6 is 0 Å². The van der Waals surface area contributed by atoms with Crippen molar-refractivity contribution in [3.8, 4) is 34.5 Å². The molecule has 0 spiro atoms. The third kappa shape index (κ3) is 5.89. The van der Waals surface area contributed by atoms with E-state index in [1.165, 1.54) is 29.6 Å². The second kappa shape index (κ2) is 10.6. The molecule has 0 unspecified atom stereocenters. The van der Waals surface area contributed by atoms with Crippen LogP contribution < -0.4 is 9.47 Å². The minimum atomic E-state index is -4.55. The number of imidazole rings is 1. The molecule has 224 valence electrons. The van der Waals surface area contributed by atoms with Crippen LogP contribution in [0.1, 0.15) is 35.7 Å². The van der Waals surface area contributed by atoms with Crippen molar-refractivity contribution in [3.63, 3.8) is 0 Å². The van der Waals surface area contributed by atoms with Crippen molar-refractivity contribution >= 4 is 20.9 Å². The lowest BCUT2D eigenvalue weighted by Crippen LogP contribution is -2.10. The van der Waals surface area contributed by atoms with Crippen LogP contribution in [0, 0.1) is 0 Å². The number of ether oxygens (including phenoxy) is 2. The van der Waals surface area contributed by atoms with Crippen LogP contribution in [-0.4, -0.2) is 55.8 Å². The lowest BCUT2D eigenvalue weighted by atomic mass is 10.1. The van der Waals surface area contributed by atoms with E-state index in [0.717, 1.165) is 31.0 Å². The SMILES string of the molecule is COc1ncnc(C2CC2)c1-c1nc(OCc2ccc(-c3nc(C(F)(F)F)cn3C)cc2)c2c(ccn2CS(C)(=O)=O)n1. The largest absolute Gasteiger partial charge is 0.480 e. The number of fused-ring (bicyclic) bond motifs is 1. The third-order valence-electron chi connectivity index (χ3n) is 6.93. The summed E-state index contributed by atoms with van der Waals surface area (Å²) in [6.45, 7) is 0.0299. The number of rotatable bonds is 9. The third-order valence-corrected chi connectivity index (χ3v) is 7.68. The van der Waals surface area contributed by atoms with Gasteiger partial charge in [-0.25, -0.2) is 28.4 Å². The van der Waals surface area contributed by atoms with Gasteiger partial charge in [-0.1, -0.05) is 24.3 Å². The smallest absolute Gasteiger partial charge is 0.434 e. The van der Waals surface area contributed by atoms with E-state index < -0.39 is 21.7 Å². The molecule has 43 heavy (non-hydrogen) atoms. The molecule has 5 aromatic rings. The Morgan fingerprint density at radius 1 is 1.02 bits per heavy atom. The number of aryl methyl sites for hydroxylation is 1. The highest BCUT2D eigenvalue weighted by Gasteiger charge is 2.35. The number of aromatic nitrogens is 7. The van der Waals surface area contributed by atoms with Gasteiger partial charge in [-0.05, 0) is 24.5 Å². The maximum absolute atomic E-state index is 13.1. The molecule has 4 aromatic heterocycles. The number of hydrogen-bond acceptors (Lipinski definition) is 9. The summed E-state index contributed by atoms with van der Waals surface area (Å²) in [6, 6.07) is 8.42. The van der Waals surface area contributed by atoms with E-state index in [9.17, 15) is 21.6 Å². The second-order valence-electron chi connectivity index (χ2n) is 10.4. The van der Waals surface area contributed by atoms with Crippen molar-refractivity contribution in [3.05, 3.63) is 66.0 Å². The predicted molar refractivity (Wildman–Crippen MR) is 150 cm³/mol. The molecule has 0 N–H and O–H groups in total. The van der Waals surface area contributed by atoms with Crippen molar-refractivity contribution in [2.24, 2.45) is 7.05 Å². The van der Waals surface area contributed by atoms with Gasteiger partial charge in [0, 0.05) is 37.2 Å². The monoisotopic (exact) mass is 613 g/mol. The Bertz CT molecular complexity index is 1930. The zero-order chi connectivity index (χ0) is 30.5. The minimum absolute atomic E-state index is 0.0299.